The second kappa shape index (κ2) is 4.91. The zero-order valence-corrected chi connectivity index (χ0v) is 11.4. The van der Waals surface area contributed by atoms with E-state index in [1.807, 2.05) is 26.0 Å². The van der Waals surface area contributed by atoms with Gasteiger partial charge in [0.05, 0.1) is 5.69 Å². The molecule has 2 nitrogen and oxygen atoms in total. The molecule has 2 aromatic rings. The van der Waals surface area contributed by atoms with E-state index in [1.165, 1.54) is 11.1 Å². The summed E-state index contributed by atoms with van der Waals surface area (Å²) < 4.78 is 0. The lowest BCUT2D eigenvalue weighted by Gasteiger charge is -2.15. The third-order valence-electron chi connectivity index (χ3n) is 3.39. The van der Waals surface area contributed by atoms with Gasteiger partial charge in [0, 0.05) is 6.20 Å². The van der Waals surface area contributed by atoms with Crippen LogP contribution in [0.2, 0.25) is 0 Å². The molecule has 0 saturated heterocycles. The van der Waals surface area contributed by atoms with E-state index < -0.39 is 6.10 Å². The van der Waals surface area contributed by atoms with Gasteiger partial charge in [-0.2, -0.15) is 0 Å². The number of benzene rings is 1. The highest BCUT2D eigenvalue weighted by atomic mass is 16.3. The molecule has 94 valence electrons. The smallest absolute Gasteiger partial charge is 0.121 e. The minimum Gasteiger partial charge on any atom is -0.382 e. The molecular formula is C16H19NO. The maximum atomic E-state index is 10.4. The van der Waals surface area contributed by atoms with Crippen LogP contribution in [-0.4, -0.2) is 10.1 Å². The molecule has 1 heterocycles. The summed E-state index contributed by atoms with van der Waals surface area (Å²) in [4.78, 5) is 4.30. The summed E-state index contributed by atoms with van der Waals surface area (Å²) in [6, 6.07) is 8.02. The summed E-state index contributed by atoms with van der Waals surface area (Å²) in [7, 11) is 0. The number of pyridine rings is 1. The largest absolute Gasteiger partial charge is 0.382 e. The Morgan fingerprint density at radius 1 is 0.944 bits per heavy atom. The minimum atomic E-state index is -0.648. The van der Waals surface area contributed by atoms with Gasteiger partial charge in [-0.3, -0.25) is 4.98 Å². The summed E-state index contributed by atoms with van der Waals surface area (Å²) in [6.07, 6.45) is 1.14. The van der Waals surface area contributed by atoms with Gasteiger partial charge in [0.25, 0.3) is 0 Å². The Morgan fingerprint density at radius 3 is 2.22 bits per heavy atom. The van der Waals surface area contributed by atoms with Gasteiger partial charge in [-0.25, -0.2) is 0 Å². The van der Waals surface area contributed by atoms with Crippen molar-refractivity contribution in [1.82, 2.24) is 4.98 Å². The van der Waals surface area contributed by atoms with Crippen LogP contribution in [0.4, 0.5) is 0 Å². The molecule has 2 rings (SSSR count). The number of hydrogen-bond acceptors (Lipinski definition) is 2. The molecule has 1 unspecified atom stereocenters. The Labute approximate surface area is 108 Å². The van der Waals surface area contributed by atoms with E-state index in [-0.39, 0.29) is 0 Å². The van der Waals surface area contributed by atoms with E-state index >= 15 is 0 Å². The lowest BCUT2D eigenvalue weighted by Crippen LogP contribution is -2.05. The number of hydrogen-bond donors (Lipinski definition) is 1. The summed E-state index contributed by atoms with van der Waals surface area (Å²) >= 11 is 0. The molecule has 18 heavy (non-hydrogen) atoms. The third-order valence-corrected chi connectivity index (χ3v) is 3.39. The van der Waals surface area contributed by atoms with Crippen LogP contribution < -0.4 is 0 Å². The molecule has 0 radical (unpaired) electrons. The van der Waals surface area contributed by atoms with Gasteiger partial charge in [0.1, 0.15) is 6.10 Å². The normalized spacial score (nSPS) is 12.5. The standard InChI is InChI=1S/C16H19NO/c1-10-5-6-15(17-9-10)16(18)14-8-12(3)11(2)7-13(14)4/h5-9,16,18H,1-4H3. The van der Waals surface area contributed by atoms with Gasteiger partial charge in [-0.1, -0.05) is 18.2 Å². The Hall–Kier alpha value is -1.67. The van der Waals surface area contributed by atoms with E-state index in [2.05, 4.69) is 31.0 Å². The van der Waals surface area contributed by atoms with Crippen molar-refractivity contribution < 1.29 is 5.11 Å². The van der Waals surface area contributed by atoms with Crippen molar-refractivity contribution in [2.75, 3.05) is 0 Å². The summed E-state index contributed by atoms with van der Waals surface area (Å²) in [5, 5.41) is 10.4. The molecule has 0 saturated carbocycles. The number of aryl methyl sites for hydroxylation is 4. The quantitative estimate of drug-likeness (QED) is 0.874. The van der Waals surface area contributed by atoms with Crippen LogP contribution in [0.5, 0.6) is 0 Å². The molecule has 0 aliphatic heterocycles. The fourth-order valence-electron chi connectivity index (χ4n) is 2.08. The van der Waals surface area contributed by atoms with Gasteiger partial charge in [-0.15, -0.1) is 0 Å². The van der Waals surface area contributed by atoms with Crippen LogP contribution in [0.15, 0.2) is 30.5 Å². The van der Waals surface area contributed by atoms with Crippen molar-refractivity contribution in [2.24, 2.45) is 0 Å². The molecule has 0 aliphatic rings. The number of aromatic nitrogens is 1. The van der Waals surface area contributed by atoms with Crippen LogP contribution in [0.1, 0.15) is 39.6 Å². The predicted octanol–water partition coefficient (Wildman–Crippen LogP) is 3.40. The molecule has 0 fully saturated rings. The number of nitrogens with zero attached hydrogens (tertiary/aromatic N) is 1. The molecule has 1 atom stereocenters. The molecule has 0 aliphatic carbocycles. The second-order valence-electron chi connectivity index (χ2n) is 4.96. The summed E-state index contributed by atoms with van der Waals surface area (Å²) in [6.45, 7) is 8.17. The lowest BCUT2D eigenvalue weighted by molar-refractivity contribution is 0.214. The van der Waals surface area contributed by atoms with Gasteiger partial charge < -0.3 is 5.11 Å². The van der Waals surface area contributed by atoms with Crippen LogP contribution in [0.25, 0.3) is 0 Å². The SMILES string of the molecule is Cc1ccc(C(O)c2cc(C)c(C)cc2C)nc1. The molecule has 1 aromatic heterocycles. The number of aliphatic hydroxyl groups excluding tert-OH is 1. The highest BCUT2D eigenvalue weighted by Gasteiger charge is 2.15. The second-order valence-corrected chi connectivity index (χ2v) is 4.96. The lowest BCUT2D eigenvalue weighted by atomic mass is 9.95. The first-order valence-corrected chi connectivity index (χ1v) is 6.17. The van der Waals surface area contributed by atoms with E-state index in [0.717, 1.165) is 16.7 Å². The van der Waals surface area contributed by atoms with Crippen molar-refractivity contribution in [1.29, 1.82) is 0 Å². The van der Waals surface area contributed by atoms with E-state index in [1.54, 1.807) is 6.20 Å². The Balaban J connectivity index is 2.42. The zero-order valence-electron chi connectivity index (χ0n) is 11.4. The van der Waals surface area contributed by atoms with Gasteiger partial charge >= 0.3 is 0 Å². The average Bonchev–Trinajstić information content (AvgIpc) is 2.34. The third kappa shape index (κ3) is 2.44. The molecule has 0 amide bonds. The summed E-state index contributed by atoms with van der Waals surface area (Å²) in [5.74, 6) is 0. The molecule has 1 aromatic carbocycles. The van der Waals surface area contributed by atoms with Crippen LogP contribution in [-0.2, 0) is 0 Å². The highest BCUT2D eigenvalue weighted by molar-refractivity contribution is 5.40. The van der Waals surface area contributed by atoms with Crippen molar-refractivity contribution in [3.63, 3.8) is 0 Å². The fourth-order valence-corrected chi connectivity index (χ4v) is 2.08. The molecule has 0 spiro atoms. The Bertz CT molecular complexity index is 558. The highest BCUT2D eigenvalue weighted by Crippen LogP contribution is 2.26. The van der Waals surface area contributed by atoms with Gasteiger partial charge in [0.15, 0.2) is 0 Å². The molecule has 0 bridgehead atoms. The average molecular weight is 241 g/mol. The maximum absolute atomic E-state index is 10.4. The van der Waals surface area contributed by atoms with E-state index in [9.17, 15) is 5.11 Å². The number of aliphatic hydroxyl groups is 1. The first-order valence-electron chi connectivity index (χ1n) is 6.17. The van der Waals surface area contributed by atoms with Crippen molar-refractivity contribution in [3.05, 3.63) is 64.0 Å². The minimum absolute atomic E-state index is 0.648. The van der Waals surface area contributed by atoms with Crippen LogP contribution in [0, 0.1) is 27.7 Å². The van der Waals surface area contributed by atoms with Crippen molar-refractivity contribution in [3.8, 4) is 0 Å². The monoisotopic (exact) mass is 241 g/mol. The molecule has 2 heteroatoms. The Morgan fingerprint density at radius 2 is 1.61 bits per heavy atom. The summed E-state index contributed by atoms with van der Waals surface area (Å²) in [5.41, 5.74) is 6.29. The Kier molecular flexibility index (Phi) is 3.48. The van der Waals surface area contributed by atoms with Crippen LogP contribution >= 0.6 is 0 Å². The maximum Gasteiger partial charge on any atom is 0.121 e. The predicted molar refractivity (Wildman–Crippen MR) is 73.7 cm³/mol. The van der Waals surface area contributed by atoms with Gasteiger partial charge in [0.2, 0.25) is 0 Å². The fraction of sp³-hybridized carbons (Fsp3) is 0.312. The first-order chi connectivity index (χ1) is 8.49. The topological polar surface area (TPSA) is 33.1 Å². The van der Waals surface area contributed by atoms with Crippen molar-refractivity contribution >= 4 is 0 Å². The van der Waals surface area contributed by atoms with E-state index in [4.69, 9.17) is 0 Å². The molecule has 1 N–H and O–H groups in total. The van der Waals surface area contributed by atoms with E-state index in [0.29, 0.717) is 5.69 Å². The zero-order chi connectivity index (χ0) is 13.3. The van der Waals surface area contributed by atoms with Gasteiger partial charge in [-0.05, 0) is 61.6 Å². The first kappa shape index (κ1) is 12.8. The van der Waals surface area contributed by atoms with Crippen molar-refractivity contribution in [2.45, 2.75) is 33.8 Å². The van der Waals surface area contributed by atoms with Crippen LogP contribution in [0.3, 0.4) is 0 Å². The number of rotatable bonds is 2. The molecular weight excluding hydrogens is 222 g/mol.